The molecule has 2 atom stereocenters. The van der Waals surface area contributed by atoms with E-state index in [9.17, 15) is 14.4 Å². The number of benzene rings is 2. The number of aromatic amines is 1. The summed E-state index contributed by atoms with van der Waals surface area (Å²) in [5, 5.41) is 3.92. The molecular formula is C33H35N5O6. The number of ether oxygens (including phenoxy) is 3. The van der Waals surface area contributed by atoms with Crippen molar-refractivity contribution in [3.63, 3.8) is 0 Å². The average molecular weight is 598 g/mol. The van der Waals surface area contributed by atoms with Crippen LogP contribution in [-0.2, 0) is 27.4 Å². The molecule has 2 N–H and O–H groups in total. The minimum absolute atomic E-state index is 0.0785. The number of aromatic nitrogens is 2. The zero-order valence-electron chi connectivity index (χ0n) is 24.7. The summed E-state index contributed by atoms with van der Waals surface area (Å²) in [6, 6.07) is 18.3. The SMILES string of the molecule is COc1cc2ccc1Oc1cccc(c1)CO[C@H]1CN(C(=O)c3cc4cccnc4[nH]3)CC[C@@H]1NC(=O)CN(C)C(=O)CC2. The largest absolute Gasteiger partial charge is 0.493 e. The highest BCUT2D eigenvalue weighted by Gasteiger charge is 2.34. The predicted molar refractivity (Wildman–Crippen MR) is 163 cm³/mol. The molecule has 0 radical (unpaired) electrons. The molecule has 0 saturated carbocycles. The van der Waals surface area contributed by atoms with Crippen LogP contribution in [-0.4, -0.2) is 83.4 Å². The van der Waals surface area contributed by atoms with E-state index in [0.717, 1.165) is 16.5 Å². The van der Waals surface area contributed by atoms with Crippen LogP contribution in [0.25, 0.3) is 11.0 Å². The van der Waals surface area contributed by atoms with Crippen molar-refractivity contribution in [3.8, 4) is 17.2 Å². The lowest BCUT2D eigenvalue weighted by Crippen LogP contribution is -2.57. The zero-order chi connectivity index (χ0) is 30.6. The highest BCUT2D eigenvalue weighted by Crippen LogP contribution is 2.33. The Morgan fingerprint density at radius 1 is 1.05 bits per heavy atom. The van der Waals surface area contributed by atoms with Crippen molar-refractivity contribution in [1.29, 1.82) is 0 Å². The minimum atomic E-state index is -0.487. The number of pyridine rings is 1. The molecule has 228 valence electrons. The first kappa shape index (κ1) is 29.2. The number of H-pyrrole nitrogens is 1. The van der Waals surface area contributed by atoms with Crippen molar-refractivity contribution in [2.45, 2.75) is 38.0 Å². The summed E-state index contributed by atoms with van der Waals surface area (Å²) in [5.74, 6) is 1.15. The van der Waals surface area contributed by atoms with Gasteiger partial charge in [0, 0.05) is 38.1 Å². The van der Waals surface area contributed by atoms with Crippen molar-refractivity contribution in [2.75, 3.05) is 33.8 Å². The average Bonchev–Trinajstić information content (AvgIpc) is 3.47. The maximum atomic E-state index is 13.5. The van der Waals surface area contributed by atoms with Crippen LogP contribution < -0.4 is 14.8 Å². The lowest BCUT2D eigenvalue weighted by atomic mass is 10.0. The van der Waals surface area contributed by atoms with Gasteiger partial charge in [0.2, 0.25) is 11.8 Å². The molecule has 4 aromatic rings. The minimum Gasteiger partial charge on any atom is -0.493 e. The summed E-state index contributed by atoms with van der Waals surface area (Å²) in [6.45, 7) is 0.871. The fraction of sp³-hybridized carbons (Fsp3) is 0.333. The smallest absolute Gasteiger partial charge is 0.270 e. The molecule has 3 aliphatic rings. The van der Waals surface area contributed by atoms with Gasteiger partial charge in [0.05, 0.1) is 32.4 Å². The third-order valence-electron chi connectivity index (χ3n) is 8.07. The summed E-state index contributed by atoms with van der Waals surface area (Å²) in [5.41, 5.74) is 2.89. The molecule has 1 fully saturated rings. The maximum absolute atomic E-state index is 13.5. The van der Waals surface area contributed by atoms with Crippen LogP contribution >= 0.6 is 0 Å². The van der Waals surface area contributed by atoms with Gasteiger partial charge in [-0.2, -0.15) is 0 Å². The Bertz CT molecular complexity index is 1650. The van der Waals surface area contributed by atoms with E-state index in [1.54, 1.807) is 31.3 Å². The van der Waals surface area contributed by atoms with Crippen LogP contribution in [0, 0.1) is 0 Å². The fourth-order valence-electron chi connectivity index (χ4n) is 5.66. The van der Waals surface area contributed by atoms with Crippen LogP contribution in [0.15, 0.2) is 66.9 Å². The van der Waals surface area contributed by atoms with Gasteiger partial charge in [0.1, 0.15) is 17.1 Å². The monoisotopic (exact) mass is 597 g/mol. The van der Waals surface area contributed by atoms with Gasteiger partial charge in [0.15, 0.2) is 11.5 Å². The molecule has 5 heterocycles. The van der Waals surface area contributed by atoms with Gasteiger partial charge in [0.25, 0.3) is 5.91 Å². The van der Waals surface area contributed by atoms with E-state index in [1.807, 2.05) is 54.6 Å². The number of methoxy groups -OCH3 is 1. The van der Waals surface area contributed by atoms with Gasteiger partial charge >= 0.3 is 0 Å². The predicted octanol–water partition coefficient (Wildman–Crippen LogP) is 3.68. The molecule has 11 heteroatoms. The number of hydrogen-bond acceptors (Lipinski definition) is 7. The number of nitrogens with one attached hydrogen (secondary N) is 2. The summed E-state index contributed by atoms with van der Waals surface area (Å²) >= 11 is 0. The highest BCUT2D eigenvalue weighted by molar-refractivity contribution is 5.97. The number of carbonyl (C=O) groups excluding carboxylic acids is 3. The Morgan fingerprint density at radius 2 is 1.93 bits per heavy atom. The van der Waals surface area contributed by atoms with E-state index >= 15 is 0 Å². The van der Waals surface area contributed by atoms with Gasteiger partial charge in [-0.05, 0) is 66.4 Å². The Labute approximate surface area is 255 Å². The molecular weight excluding hydrogens is 562 g/mol. The van der Waals surface area contributed by atoms with Crippen LogP contribution in [0.1, 0.15) is 34.5 Å². The Hall–Kier alpha value is -4.90. The lowest BCUT2D eigenvalue weighted by molar-refractivity contribution is -0.135. The summed E-state index contributed by atoms with van der Waals surface area (Å²) in [4.78, 5) is 50.1. The molecule has 3 aliphatic heterocycles. The second-order valence-corrected chi connectivity index (χ2v) is 11.2. The molecule has 4 bridgehead atoms. The van der Waals surface area contributed by atoms with E-state index in [-0.39, 0.29) is 49.9 Å². The van der Waals surface area contributed by atoms with Crippen molar-refractivity contribution < 1.29 is 28.6 Å². The Morgan fingerprint density at radius 3 is 2.77 bits per heavy atom. The summed E-state index contributed by atoms with van der Waals surface area (Å²) in [7, 11) is 3.20. The third kappa shape index (κ3) is 6.52. The van der Waals surface area contributed by atoms with Crippen molar-refractivity contribution in [1.82, 2.24) is 25.1 Å². The number of carbonyl (C=O) groups is 3. The van der Waals surface area contributed by atoms with Crippen LogP contribution in [0.4, 0.5) is 0 Å². The summed E-state index contributed by atoms with van der Waals surface area (Å²) < 4.78 is 18.1. The molecule has 2 aromatic heterocycles. The van der Waals surface area contributed by atoms with Gasteiger partial charge in [-0.3, -0.25) is 14.4 Å². The number of likely N-dealkylation sites (tertiary alicyclic amines) is 1. The molecule has 0 aliphatic carbocycles. The highest BCUT2D eigenvalue weighted by atomic mass is 16.5. The van der Waals surface area contributed by atoms with E-state index in [4.69, 9.17) is 14.2 Å². The quantitative estimate of drug-likeness (QED) is 0.361. The molecule has 1 saturated heterocycles. The topological polar surface area (TPSA) is 126 Å². The molecule has 0 spiro atoms. The van der Waals surface area contributed by atoms with Gasteiger partial charge in [-0.25, -0.2) is 4.98 Å². The van der Waals surface area contributed by atoms with E-state index < -0.39 is 6.10 Å². The van der Waals surface area contributed by atoms with Gasteiger partial charge in [-0.15, -0.1) is 0 Å². The van der Waals surface area contributed by atoms with Crippen LogP contribution in [0.3, 0.4) is 0 Å². The Kier molecular flexibility index (Phi) is 8.47. The molecule has 3 amide bonds. The summed E-state index contributed by atoms with van der Waals surface area (Å²) in [6.07, 6.45) is 2.42. The van der Waals surface area contributed by atoms with E-state index in [1.165, 1.54) is 4.90 Å². The number of aryl methyl sites for hydroxylation is 1. The molecule has 7 rings (SSSR count). The number of fused-ring (bicyclic) bond motifs is 10. The maximum Gasteiger partial charge on any atom is 0.270 e. The second kappa shape index (κ2) is 12.8. The fourth-order valence-corrected chi connectivity index (χ4v) is 5.66. The second-order valence-electron chi connectivity index (χ2n) is 11.2. The normalized spacial score (nSPS) is 19.8. The lowest BCUT2D eigenvalue weighted by Gasteiger charge is -2.38. The van der Waals surface area contributed by atoms with Gasteiger partial charge in [-0.1, -0.05) is 18.2 Å². The van der Waals surface area contributed by atoms with Crippen LogP contribution in [0.2, 0.25) is 0 Å². The number of hydrogen-bond donors (Lipinski definition) is 2. The molecule has 0 unspecified atom stereocenters. The standard InChI is InChI=1S/C33H35N5O6/c1-37-19-30(39)35-25-12-14-38(33(41)26-17-23-6-4-13-34-32(23)36-26)18-29(25)43-20-22-5-3-7-24(15-22)44-27-10-8-21(9-11-31(37)40)16-28(27)42-2/h3-8,10,13,15-17,25,29H,9,11-12,14,18-20H2,1-2H3,(H,34,36)(H,35,39)/t25-,29-/m0/s1. The molecule has 44 heavy (non-hydrogen) atoms. The number of nitrogens with zero attached hydrogens (tertiary/aromatic N) is 3. The first-order valence-electron chi connectivity index (χ1n) is 14.7. The Balaban J connectivity index is 1.25. The van der Waals surface area contributed by atoms with Crippen LogP contribution in [0.5, 0.6) is 17.2 Å². The van der Waals surface area contributed by atoms with Gasteiger partial charge < -0.3 is 34.3 Å². The number of likely N-dealkylation sites (N-methyl/N-ethyl adjacent to an activating group) is 1. The molecule has 2 aromatic carbocycles. The molecule has 11 nitrogen and oxygen atoms in total. The van der Waals surface area contributed by atoms with Crippen molar-refractivity contribution >= 4 is 28.8 Å². The number of rotatable bonds is 2. The number of piperidine rings is 1. The first-order valence-corrected chi connectivity index (χ1v) is 14.7. The number of amides is 3. The van der Waals surface area contributed by atoms with Crippen molar-refractivity contribution in [3.05, 3.63) is 83.7 Å². The van der Waals surface area contributed by atoms with E-state index in [2.05, 4.69) is 15.3 Å². The van der Waals surface area contributed by atoms with Crippen molar-refractivity contribution in [2.24, 2.45) is 0 Å². The zero-order valence-corrected chi connectivity index (χ0v) is 24.7. The first-order chi connectivity index (χ1) is 21.4. The third-order valence-corrected chi connectivity index (χ3v) is 8.07. The van der Waals surface area contributed by atoms with E-state index in [0.29, 0.717) is 48.0 Å².